The Morgan fingerprint density at radius 3 is 2.78 bits per heavy atom. The number of pyridine rings is 1. The highest BCUT2D eigenvalue weighted by molar-refractivity contribution is 5.92. The summed E-state index contributed by atoms with van der Waals surface area (Å²) in [5.74, 6) is -1.74. The van der Waals surface area contributed by atoms with E-state index in [-0.39, 0.29) is 17.1 Å². The van der Waals surface area contributed by atoms with Crippen LogP contribution in [-0.4, -0.2) is 38.2 Å². The number of ether oxygens (including phenoxy) is 1. The molecule has 23 heavy (non-hydrogen) atoms. The van der Waals surface area contributed by atoms with Crippen LogP contribution in [0.4, 0.5) is 4.39 Å². The minimum atomic E-state index is -1.23. The minimum absolute atomic E-state index is 0.0789. The zero-order valence-electron chi connectivity index (χ0n) is 12.0. The molecule has 0 aliphatic heterocycles. The van der Waals surface area contributed by atoms with E-state index in [2.05, 4.69) is 15.3 Å². The number of aromatic nitrogens is 4. The van der Waals surface area contributed by atoms with E-state index in [1.807, 2.05) is 0 Å². The Morgan fingerprint density at radius 1 is 1.35 bits per heavy atom. The summed E-state index contributed by atoms with van der Waals surface area (Å²) < 4.78 is 20.0. The molecule has 3 aromatic rings. The van der Waals surface area contributed by atoms with Crippen LogP contribution in [0, 0.1) is 5.82 Å². The van der Waals surface area contributed by atoms with Crippen molar-refractivity contribution in [2.75, 3.05) is 7.11 Å². The van der Waals surface area contributed by atoms with Gasteiger partial charge in [0.15, 0.2) is 17.3 Å². The lowest BCUT2D eigenvalue weighted by atomic mass is 10.1. The first-order valence-corrected chi connectivity index (χ1v) is 6.55. The van der Waals surface area contributed by atoms with Crippen LogP contribution < -0.4 is 4.74 Å². The maximum atomic E-state index is 13.9. The fourth-order valence-electron chi connectivity index (χ4n) is 2.16. The van der Waals surface area contributed by atoms with Crippen LogP contribution in [-0.2, 0) is 0 Å². The molecule has 1 aromatic carbocycles. The summed E-state index contributed by atoms with van der Waals surface area (Å²) in [6, 6.07) is 7.52. The van der Waals surface area contributed by atoms with E-state index in [4.69, 9.17) is 4.74 Å². The Kier molecular flexibility index (Phi) is 3.71. The summed E-state index contributed by atoms with van der Waals surface area (Å²) in [6.45, 7) is 0. The van der Waals surface area contributed by atoms with Gasteiger partial charge in [-0.05, 0) is 24.3 Å². The normalized spacial score (nSPS) is 10.5. The van der Waals surface area contributed by atoms with E-state index in [9.17, 15) is 14.3 Å². The maximum absolute atomic E-state index is 13.9. The fraction of sp³-hybridized carbons (Fsp3) is 0.0667. The lowest BCUT2D eigenvalue weighted by Gasteiger charge is -2.08. The van der Waals surface area contributed by atoms with E-state index in [0.29, 0.717) is 11.3 Å². The number of carbonyl (C=O) groups is 1. The lowest BCUT2D eigenvalue weighted by molar-refractivity contribution is 0.0691. The molecule has 0 atom stereocenters. The van der Waals surface area contributed by atoms with Crippen molar-refractivity contribution >= 4 is 5.97 Å². The number of rotatable bonds is 4. The molecule has 3 rings (SSSR count). The minimum Gasteiger partial charge on any atom is -0.494 e. The number of methoxy groups -OCH3 is 1. The first kappa shape index (κ1) is 14.6. The average Bonchev–Trinajstić information content (AvgIpc) is 3.00. The third-order valence-corrected chi connectivity index (χ3v) is 3.19. The predicted octanol–water partition coefficient (Wildman–Crippen LogP) is 2.18. The largest absolute Gasteiger partial charge is 0.494 e. The standard InChI is InChI=1S/C15H11FN4O3/c1-23-12-5-4-10(7-11(12)16)20-14(9-3-2-6-17-8-9)13(15(21)22)18-19-20/h2-8H,1H3,(H,21,22). The van der Waals surface area contributed by atoms with Gasteiger partial charge in [0.2, 0.25) is 0 Å². The summed E-state index contributed by atoms with van der Waals surface area (Å²) in [5, 5.41) is 16.8. The third kappa shape index (κ3) is 2.61. The molecule has 0 unspecified atom stereocenters. The van der Waals surface area contributed by atoms with Crippen LogP contribution in [0.5, 0.6) is 5.75 Å². The summed E-state index contributed by atoms with van der Waals surface area (Å²) in [5.41, 5.74) is 0.803. The average molecular weight is 314 g/mol. The highest BCUT2D eigenvalue weighted by atomic mass is 19.1. The molecular weight excluding hydrogens is 303 g/mol. The van der Waals surface area contributed by atoms with E-state index >= 15 is 0 Å². The molecule has 116 valence electrons. The van der Waals surface area contributed by atoms with Crippen molar-refractivity contribution in [1.29, 1.82) is 0 Å². The molecule has 2 aromatic heterocycles. The summed E-state index contributed by atoms with van der Waals surface area (Å²) >= 11 is 0. The lowest BCUT2D eigenvalue weighted by Crippen LogP contribution is -2.04. The topological polar surface area (TPSA) is 90.1 Å². The second-order valence-electron chi connectivity index (χ2n) is 4.56. The van der Waals surface area contributed by atoms with Crippen molar-refractivity contribution in [3.05, 3.63) is 54.2 Å². The van der Waals surface area contributed by atoms with E-state index in [1.165, 1.54) is 30.1 Å². The highest BCUT2D eigenvalue weighted by Gasteiger charge is 2.22. The number of halogens is 1. The Balaban J connectivity index is 2.21. The first-order valence-electron chi connectivity index (χ1n) is 6.55. The van der Waals surface area contributed by atoms with E-state index in [1.54, 1.807) is 24.4 Å². The molecule has 1 N–H and O–H groups in total. The van der Waals surface area contributed by atoms with Gasteiger partial charge in [-0.3, -0.25) is 4.98 Å². The molecule has 0 fully saturated rings. The molecule has 0 spiro atoms. The molecule has 7 nitrogen and oxygen atoms in total. The predicted molar refractivity (Wildman–Crippen MR) is 78.1 cm³/mol. The summed E-state index contributed by atoms with van der Waals surface area (Å²) in [4.78, 5) is 15.3. The van der Waals surface area contributed by atoms with Gasteiger partial charge in [-0.25, -0.2) is 13.9 Å². The van der Waals surface area contributed by atoms with Crippen molar-refractivity contribution in [1.82, 2.24) is 20.0 Å². The van der Waals surface area contributed by atoms with Crippen molar-refractivity contribution < 1.29 is 19.0 Å². The number of benzene rings is 1. The van der Waals surface area contributed by atoms with E-state index < -0.39 is 11.8 Å². The fourth-order valence-corrected chi connectivity index (χ4v) is 2.16. The van der Waals surface area contributed by atoms with Crippen LogP contribution >= 0.6 is 0 Å². The van der Waals surface area contributed by atoms with Gasteiger partial charge in [0.05, 0.1) is 12.8 Å². The second kappa shape index (κ2) is 5.84. The van der Waals surface area contributed by atoms with Crippen molar-refractivity contribution in [2.24, 2.45) is 0 Å². The van der Waals surface area contributed by atoms with Crippen LogP contribution in [0.1, 0.15) is 10.5 Å². The Hall–Kier alpha value is -3.29. The molecule has 0 bridgehead atoms. The smallest absolute Gasteiger partial charge is 0.358 e. The van der Waals surface area contributed by atoms with Crippen LogP contribution in [0.15, 0.2) is 42.7 Å². The first-order chi connectivity index (χ1) is 11.1. The van der Waals surface area contributed by atoms with E-state index in [0.717, 1.165) is 0 Å². The Bertz CT molecular complexity index is 864. The molecule has 0 aliphatic rings. The SMILES string of the molecule is COc1ccc(-n2nnc(C(=O)O)c2-c2cccnc2)cc1F. The zero-order valence-corrected chi connectivity index (χ0v) is 12.0. The molecule has 0 saturated heterocycles. The van der Waals surface area contributed by atoms with Crippen LogP contribution in [0.3, 0.4) is 0 Å². The van der Waals surface area contributed by atoms with Gasteiger partial charge < -0.3 is 9.84 Å². The van der Waals surface area contributed by atoms with Crippen molar-refractivity contribution in [3.8, 4) is 22.7 Å². The van der Waals surface area contributed by atoms with Gasteiger partial charge in [-0.15, -0.1) is 5.10 Å². The van der Waals surface area contributed by atoms with Gasteiger partial charge in [0, 0.05) is 24.0 Å². The zero-order chi connectivity index (χ0) is 16.4. The van der Waals surface area contributed by atoms with Crippen molar-refractivity contribution in [3.63, 3.8) is 0 Å². The quantitative estimate of drug-likeness (QED) is 0.794. The number of hydrogen-bond donors (Lipinski definition) is 1. The summed E-state index contributed by atoms with van der Waals surface area (Å²) in [6.07, 6.45) is 3.05. The highest BCUT2D eigenvalue weighted by Crippen LogP contribution is 2.27. The molecule has 0 saturated carbocycles. The molecule has 8 heteroatoms. The molecule has 0 radical (unpaired) electrons. The Labute approximate surface area is 130 Å². The number of aromatic carboxylic acids is 1. The number of carboxylic acids is 1. The van der Waals surface area contributed by atoms with Gasteiger partial charge in [-0.1, -0.05) is 5.21 Å². The molecule has 0 amide bonds. The molecule has 0 aliphatic carbocycles. The molecular formula is C15H11FN4O3. The monoisotopic (exact) mass is 314 g/mol. The summed E-state index contributed by atoms with van der Waals surface area (Å²) in [7, 11) is 1.36. The van der Waals surface area contributed by atoms with Gasteiger partial charge in [0.25, 0.3) is 0 Å². The number of hydrogen-bond acceptors (Lipinski definition) is 5. The molecule has 2 heterocycles. The third-order valence-electron chi connectivity index (χ3n) is 3.19. The van der Waals surface area contributed by atoms with Crippen molar-refractivity contribution in [2.45, 2.75) is 0 Å². The van der Waals surface area contributed by atoms with Gasteiger partial charge >= 0.3 is 5.97 Å². The number of carboxylic acid groups (broad SMARTS) is 1. The van der Waals surface area contributed by atoms with Crippen LogP contribution in [0.25, 0.3) is 16.9 Å². The Morgan fingerprint density at radius 2 is 2.17 bits per heavy atom. The van der Waals surface area contributed by atoms with Gasteiger partial charge in [-0.2, -0.15) is 0 Å². The maximum Gasteiger partial charge on any atom is 0.358 e. The van der Waals surface area contributed by atoms with Crippen LogP contribution in [0.2, 0.25) is 0 Å². The number of nitrogens with zero attached hydrogens (tertiary/aromatic N) is 4. The second-order valence-corrected chi connectivity index (χ2v) is 4.56. The van der Waals surface area contributed by atoms with Gasteiger partial charge in [0.1, 0.15) is 5.69 Å².